The summed E-state index contributed by atoms with van der Waals surface area (Å²) in [5.41, 5.74) is 3.09. The third kappa shape index (κ3) is 3.47. The van der Waals surface area contributed by atoms with Crippen LogP contribution >= 0.6 is 0 Å². The molecule has 2 atom stereocenters. The molecule has 3 rings (SSSR count). The zero-order chi connectivity index (χ0) is 16.3. The number of aromatic nitrogens is 1. The topological polar surface area (TPSA) is 19.0 Å². The molecule has 0 bridgehead atoms. The van der Waals surface area contributed by atoms with Crippen molar-refractivity contribution in [3.05, 3.63) is 36.0 Å². The van der Waals surface area contributed by atoms with Gasteiger partial charge >= 0.3 is 0 Å². The van der Waals surface area contributed by atoms with E-state index in [4.69, 9.17) is 0 Å². The minimum absolute atomic E-state index is 0.305. The van der Waals surface area contributed by atoms with Gasteiger partial charge in [-0.15, -0.1) is 0 Å². The number of H-pyrrole nitrogens is 1. The van der Waals surface area contributed by atoms with Crippen LogP contribution in [0.5, 0.6) is 0 Å². The van der Waals surface area contributed by atoms with Crippen LogP contribution < -0.4 is 0 Å². The lowest BCUT2D eigenvalue weighted by Gasteiger charge is -2.45. The van der Waals surface area contributed by atoms with Gasteiger partial charge in [0.25, 0.3) is 0 Å². The molecule has 2 unspecified atom stereocenters. The molecule has 2 heteroatoms. The highest BCUT2D eigenvalue weighted by Crippen LogP contribution is 2.40. The largest absolute Gasteiger partial charge is 0.361 e. The monoisotopic (exact) mass is 312 g/mol. The number of piperidine rings is 1. The number of fused-ring (bicyclic) bond motifs is 1. The summed E-state index contributed by atoms with van der Waals surface area (Å²) in [7, 11) is 0. The van der Waals surface area contributed by atoms with Crippen LogP contribution in [0, 0.1) is 5.92 Å². The van der Waals surface area contributed by atoms with E-state index in [0.717, 1.165) is 0 Å². The molecule has 1 aliphatic rings. The smallest absolute Gasteiger partial charge is 0.0456 e. The Morgan fingerprint density at radius 3 is 2.87 bits per heavy atom. The SMILES string of the molecule is CCCCCCN1CCC(C)(c2ccc3cc[nH]c3c2)C(C)C1. The normalized spacial score (nSPS) is 26.0. The maximum Gasteiger partial charge on any atom is 0.0456 e. The van der Waals surface area contributed by atoms with E-state index in [-0.39, 0.29) is 0 Å². The minimum atomic E-state index is 0.305. The van der Waals surface area contributed by atoms with Crippen LogP contribution in [0.4, 0.5) is 0 Å². The van der Waals surface area contributed by atoms with Crippen LogP contribution in [0.1, 0.15) is 58.4 Å². The zero-order valence-electron chi connectivity index (χ0n) is 15.1. The van der Waals surface area contributed by atoms with Crippen molar-refractivity contribution < 1.29 is 0 Å². The highest BCUT2D eigenvalue weighted by molar-refractivity contribution is 5.80. The Hall–Kier alpha value is -1.28. The van der Waals surface area contributed by atoms with E-state index >= 15 is 0 Å². The Balaban J connectivity index is 1.66. The highest BCUT2D eigenvalue weighted by Gasteiger charge is 2.37. The summed E-state index contributed by atoms with van der Waals surface area (Å²) in [6.45, 7) is 11.0. The predicted octanol–water partition coefficient (Wildman–Crippen LogP) is 5.35. The number of benzene rings is 1. The first-order valence-electron chi connectivity index (χ1n) is 9.43. The standard InChI is InChI=1S/C21H32N2/c1-4-5-6-7-13-23-14-11-21(3,17(2)16-23)19-9-8-18-10-12-22-20(18)15-19/h8-10,12,15,17,22H,4-7,11,13-14,16H2,1-3H3. The highest BCUT2D eigenvalue weighted by atomic mass is 15.1. The van der Waals surface area contributed by atoms with Gasteiger partial charge in [-0.2, -0.15) is 0 Å². The average molecular weight is 313 g/mol. The van der Waals surface area contributed by atoms with Crippen LogP contribution in [0.15, 0.2) is 30.5 Å². The third-order valence-corrected chi connectivity index (χ3v) is 6.11. The number of aromatic amines is 1. The van der Waals surface area contributed by atoms with Crippen molar-refractivity contribution in [3.63, 3.8) is 0 Å². The van der Waals surface area contributed by atoms with Crippen LogP contribution in [0.2, 0.25) is 0 Å². The van der Waals surface area contributed by atoms with Crippen molar-refractivity contribution in [3.8, 4) is 0 Å². The Kier molecular flexibility index (Phi) is 5.11. The van der Waals surface area contributed by atoms with Crippen molar-refractivity contribution in [1.29, 1.82) is 0 Å². The summed E-state index contributed by atoms with van der Waals surface area (Å²) in [6.07, 6.45) is 8.79. The van der Waals surface area contributed by atoms with Crippen LogP contribution in [-0.2, 0) is 5.41 Å². The first-order chi connectivity index (χ1) is 11.1. The average Bonchev–Trinajstić information content (AvgIpc) is 3.02. The molecule has 0 aliphatic carbocycles. The number of likely N-dealkylation sites (tertiary alicyclic amines) is 1. The molecule has 1 fully saturated rings. The van der Waals surface area contributed by atoms with Gasteiger partial charge in [0.2, 0.25) is 0 Å². The van der Waals surface area contributed by atoms with E-state index < -0.39 is 0 Å². The Bertz CT molecular complexity index is 630. The summed E-state index contributed by atoms with van der Waals surface area (Å²) in [4.78, 5) is 6.06. The van der Waals surface area contributed by atoms with Gasteiger partial charge < -0.3 is 9.88 Å². The maximum atomic E-state index is 3.37. The van der Waals surface area contributed by atoms with E-state index in [1.807, 2.05) is 6.20 Å². The fourth-order valence-electron chi connectivity index (χ4n) is 4.11. The predicted molar refractivity (Wildman–Crippen MR) is 100 cm³/mol. The van der Waals surface area contributed by atoms with Crippen molar-refractivity contribution in [2.75, 3.05) is 19.6 Å². The minimum Gasteiger partial charge on any atom is -0.361 e. The molecule has 1 saturated heterocycles. The van der Waals surface area contributed by atoms with E-state index in [9.17, 15) is 0 Å². The van der Waals surface area contributed by atoms with E-state index in [1.54, 1.807) is 0 Å². The van der Waals surface area contributed by atoms with Crippen LogP contribution in [0.3, 0.4) is 0 Å². The molecule has 23 heavy (non-hydrogen) atoms. The molecule has 1 aromatic carbocycles. The number of nitrogens with one attached hydrogen (secondary N) is 1. The fourth-order valence-corrected chi connectivity index (χ4v) is 4.11. The zero-order valence-corrected chi connectivity index (χ0v) is 15.1. The van der Waals surface area contributed by atoms with Gasteiger partial charge in [0.1, 0.15) is 0 Å². The van der Waals surface area contributed by atoms with Gasteiger partial charge in [0, 0.05) is 18.3 Å². The van der Waals surface area contributed by atoms with Crippen molar-refractivity contribution in [1.82, 2.24) is 9.88 Å². The number of rotatable bonds is 6. The second kappa shape index (κ2) is 7.09. The second-order valence-electron chi connectivity index (χ2n) is 7.71. The van der Waals surface area contributed by atoms with Crippen molar-refractivity contribution in [2.45, 2.75) is 58.3 Å². The van der Waals surface area contributed by atoms with Gasteiger partial charge in [-0.25, -0.2) is 0 Å². The van der Waals surface area contributed by atoms with E-state index in [1.165, 1.54) is 68.2 Å². The summed E-state index contributed by atoms with van der Waals surface area (Å²) in [5, 5.41) is 1.32. The maximum absolute atomic E-state index is 3.37. The second-order valence-corrected chi connectivity index (χ2v) is 7.71. The molecule has 0 saturated carbocycles. The van der Waals surface area contributed by atoms with Gasteiger partial charge in [-0.3, -0.25) is 0 Å². The molecule has 126 valence electrons. The van der Waals surface area contributed by atoms with E-state index in [0.29, 0.717) is 11.3 Å². The molecule has 0 amide bonds. The quantitative estimate of drug-likeness (QED) is 0.713. The Morgan fingerprint density at radius 2 is 2.09 bits per heavy atom. The summed E-state index contributed by atoms with van der Waals surface area (Å²) in [6, 6.07) is 9.16. The molecule has 2 heterocycles. The van der Waals surface area contributed by atoms with Gasteiger partial charge in [0.15, 0.2) is 0 Å². The lowest BCUT2D eigenvalue weighted by atomic mass is 9.68. The molecular formula is C21H32N2. The molecule has 0 radical (unpaired) electrons. The molecule has 0 spiro atoms. The molecule has 1 N–H and O–H groups in total. The molecule has 1 aromatic heterocycles. The summed E-state index contributed by atoms with van der Waals surface area (Å²) >= 11 is 0. The lowest BCUT2D eigenvalue weighted by molar-refractivity contribution is 0.109. The number of nitrogens with zero attached hydrogens (tertiary/aromatic N) is 1. The fraction of sp³-hybridized carbons (Fsp3) is 0.619. The number of hydrogen-bond donors (Lipinski definition) is 1. The summed E-state index contributed by atoms with van der Waals surface area (Å²) < 4.78 is 0. The third-order valence-electron chi connectivity index (χ3n) is 6.11. The molecular weight excluding hydrogens is 280 g/mol. The van der Waals surface area contributed by atoms with Gasteiger partial charge in [-0.05, 0) is 60.3 Å². The Labute approximate surface area is 141 Å². The first-order valence-corrected chi connectivity index (χ1v) is 9.43. The van der Waals surface area contributed by atoms with E-state index in [2.05, 4.69) is 54.9 Å². The van der Waals surface area contributed by atoms with Gasteiger partial charge in [0.05, 0.1) is 0 Å². The lowest BCUT2D eigenvalue weighted by Crippen LogP contribution is -2.47. The molecule has 2 nitrogen and oxygen atoms in total. The van der Waals surface area contributed by atoms with Crippen molar-refractivity contribution >= 4 is 10.9 Å². The summed E-state index contributed by atoms with van der Waals surface area (Å²) in [5.74, 6) is 0.704. The molecule has 1 aliphatic heterocycles. The van der Waals surface area contributed by atoms with Crippen LogP contribution in [-0.4, -0.2) is 29.5 Å². The number of hydrogen-bond acceptors (Lipinski definition) is 1. The van der Waals surface area contributed by atoms with Crippen molar-refractivity contribution in [2.24, 2.45) is 5.92 Å². The Morgan fingerprint density at radius 1 is 1.22 bits per heavy atom. The van der Waals surface area contributed by atoms with Crippen LogP contribution in [0.25, 0.3) is 10.9 Å². The van der Waals surface area contributed by atoms with Gasteiger partial charge in [-0.1, -0.05) is 52.2 Å². The molecule has 2 aromatic rings. The first kappa shape index (κ1) is 16.6. The number of unbranched alkanes of at least 4 members (excludes halogenated alkanes) is 3.